The van der Waals surface area contributed by atoms with E-state index in [0.29, 0.717) is 6.54 Å². The first-order valence-electron chi connectivity index (χ1n) is 6.35. The molecule has 3 N–H and O–H groups in total. The van der Waals surface area contributed by atoms with Crippen molar-refractivity contribution in [1.82, 2.24) is 19.8 Å². The number of carbonyl (C=O) groups is 1. The monoisotopic (exact) mass is 302 g/mol. The van der Waals surface area contributed by atoms with Gasteiger partial charge in [0.25, 0.3) is 10.0 Å². The summed E-state index contributed by atoms with van der Waals surface area (Å²) in [7, 11) is -1.84. The molecule has 0 amide bonds. The Morgan fingerprint density at radius 3 is 2.80 bits per heavy atom. The molecular formula is C11H18N4O4S. The summed E-state index contributed by atoms with van der Waals surface area (Å²) in [6, 6.07) is 0. The van der Waals surface area contributed by atoms with Gasteiger partial charge in [0.1, 0.15) is 5.56 Å². The third-order valence-electron chi connectivity index (χ3n) is 3.50. The summed E-state index contributed by atoms with van der Waals surface area (Å²) in [6.07, 6.45) is 2.84. The molecule has 1 saturated heterocycles. The number of hydrogen-bond donors (Lipinski definition) is 3. The van der Waals surface area contributed by atoms with E-state index in [1.807, 2.05) is 7.05 Å². The molecule has 0 spiro atoms. The van der Waals surface area contributed by atoms with E-state index in [2.05, 4.69) is 19.8 Å². The van der Waals surface area contributed by atoms with E-state index in [0.717, 1.165) is 32.1 Å². The summed E-state index contributed by atoms with van der Waals surface area (Å²) in [6.45, 7) is 2.20. The summed E-state index contributed by atoms with van der Waals surface area (Å²) < 4.78 is 26.6. The minimum Gasteiger partial charge on any atom is -0.478 e. The predicted molar refractivity (Wildman–Crippen MR) is 71.0 cm³/mol. The van der Waals surface area contributed by atoms with Crippen LogP contribution in [0, 0.1) is 5.92 Å². The number of aromatic nitrogens is 2. The molecule has 1 fully saturated rings. The SMILES string of the molecule is CN1CCC(CNS(=O)(=O)c2[nH]ncc2C(=O)O)CC1. The van der Waals surface area contributed by atoms with Crippen LogP contribution in [0.4, 0.5) is 0 Å². The van der Waals surface area contributed by atoms with Crippen molar-refractivity contribution in [3.8, 4) is 0 Å². The van der Waals surface area contributed by atoms with Crippen LogP contribution in [0.2, 0.25) is 0 Å². The number of piperidine rings is 1. The molecule has 0 bridgehead atoms. The minimum atomic E-state index is -3.87. The van der Waals surface area contributed by atoms with E-state index < -0.39 is 21.0 Å². The van der Waals surface area contributed by atoms with E-state index in [-0.39, 0.29) is 11.5 Å². The molecule has 2 rings (SSSR count). The van der Waals surface area contributed by atoms with Gasteiger partial charge in [-0.1, -0.05) is 0 Å². The number of sulfonamides is 1. The lowest BCUT2D eigenvalue weighted by atomic mass is 9.98. The lowest BCUT2D eigenvalue weighted by Gasteiger charge is -2.28. The number of nitrogens with zero attached hydrogens (tertiary/aromatic N) is 2. The molecule has 0 aliphatic carbocycles. The lowest BCUT2D eigenvalue weighted by Crippen LogP contribution is -2.37. The van der Waals surface area contributed by atoms with Gasteiger partial charge in [0, 0.05) is 6.54 Å². The molecule has 0 aromatic carbocycles. The van der Waals surface area contributed by atoms with Crippen molar-refractivity contribution in [3.63, 3.8) is 0 Å². The molecule has 8 nitrogen and oxygen atoms in total. The highest BCUT2D eigenvalue weighted by Crippen LogP contribution is 2.17. The summed E-state index contributed by atoms with van der Waals surface area (Å²) >= 11 is 0. The van der Waals surface area contributed by atoms with Gasteiger partial charge < -0.3 is 10.0 Å². The predicted octanol–water partition coefficient (Wildman–Crippen LogP) is -0.272. The third-order valence-corrected chi connectivity index (χ3v) is 4.90. The summed E-state index contributed by atoms with van der Waals surface area (Å²) in [5.41, 5.74) is -0.346. The second-order valence-corrected chi connectivity index (χ2v) is 6.72. The van der Waals surface area contributed by atoms with E-state index >= 15 is 0 Å². The van der Waals surface area contributed by atoms with Gasteiger partial charge in [-0.25, -0.2) is 17.9 Å². The van der Waals surface area contributed by atoms with Crippen LogP contribution < -0.4 is 4.72 Å². The Balaban J connectivity index is 2.01. The number of carboxylic acids is 1. The zero-order valence-electron chi connectivity index (χ0n) is 11.2. The number of nitrogens with one attached hydrogen (secondary N) is 2. The molecule has 9 heteroatoms. The number of aromatic carboxylic acids is 1. The molecule has 112 valence electrons. The second-order valence-electron chi connectivity index (χ2n) is 5.02. The number of hydrogen-bond acceptors (Lipinski definition) is 5. The van der Waals surface area contributed by atoms with Crippen LogP contribution in [0.25, 0.3) is 0 Å². The van der Waals surface area contributed by atoms with E-state index in [4.69, 9.17) is 5.11 Å². The quantitative estimate of drug-likeness (QED) is 0.689. The molecule has 1 aromatic heterocycles. The van der Waals surface area contributed by atoms with Gasteiger partial charge in [-0.15, -0.1) is 0 Å². The molecule has 1 aliphatic rings. The Labute approximate surface area is 117 Å². The zero-order chi connectivity index (χ0) is 14.8. The first-order chi connectivity index (χ1) is 9.40. The van der Waals surface area contributed by atoms with Crippen LogP contribution in [-0.4, -0.2) is 61.3 Å². The molecule has 0 atom stereocenters. The van der Waals surface area contributed by atoms with Gasteiger partial charge in [-0.2, -0.15) is 5.10 Å². The number of aromatic amines is 1. The molecule has 0 unspecified atom stereocenters. The molecule has 0 radical (unpaired) electrons. The molecule has 1 aliphatic heterocycles. The maximum Gasteiger partial charge on any atom is 0.340 e. The van der Waals surface area contributed by atoms with Crippen LogP contribution >= 0.6 is 0 Å². The van der Waals surface area contributed by atoms with E-state index in [1.54, 1.807) is 0 Å². The fourth-order valence-electron chi connectivity index (χ4n) is 2.20. The van der Waals surface area contributed by atoms with Gasteiger partial charge in [-0.05, 0) is 38.9 Å². The average Bonchev–Trinajstić information content (AvgIpc) is 2.88. The summed E-state index contributed by atoms with van der Waals surface area (Å²) in [5, 5.41) is 14.2. The highest BCUT2D eigenvalue weighted by Gasteiger charge is 2.26. The topological polar surface area (TPSA) is 115 Å². The van der Waals surface area contributed by atoms with Crippen LogP contribution in [0.5, 0.6) is 0 Å². The fourth-order valence-corrected chi connectivity index (χ4v) is 3.40. The van der Waals surface area contributed by atoms with Crippen LogP contribution in [0.1, 0.15) is 23.2 Å². The molecular weight excluding hydrogens is 284 g/mol. The van der Waals surface area contributed by atoms with Crippen molar-refractivity contribution in [3.05, 3.63) is 11.8 Å². The Morgan fingerprint density at radius 2 is 2.20 bits per heavy atom. The Kier molecular flexibility index (Phi) is 4.41. The highest BCUT2D eigenvalue weighted by atomic mass is 32.2. The number of likely N-dealkylation sites (tertiary alicyclic amines) is 1. The van der Waals surface area contributed by atoms with Gasteiger partial charge in [-0.3, -0.25) is 5.10 Å². The van der Waals surface area contributed by atoms with Gasteiger partial charge in [0.2, 0.25) is 0 Å². The van der Waals surface area contributed by atoms with Crippen molar-refractivity contribution in [2.45, 2.75) is 17.9 Å². The van der Waals surface area contributed by atoms with Crippen LogP contribution in [0.3, 0.4) is 0 Å². The molecule has 0 saturated carbocycles. The fraction of sp³-hybridized carbons (Fsp3) is 0.636. The Bertz CT molecular complexity index is 575. The summed E-state index contributed by atoms with van der Waals surface area (Å²) in [4.78, 5) is 13.1. The Morgan fingerprint density at radius 1 is 1.55 bits per heavy atom. The smallest absolute Gasteiger partial charge is 0.340 e. The van der Waals surface area contributed by atoms with Gasteiger partial charge in [0.05, 0.1) is 6.20 Å². The zero-order valence-corrected chi connectivity index (χ0v) is 12.0. The second kappa shape index (κ2) is 5.90. The van der Waals surface area contributed by atoms with Crippen LogP contribution in [0.15, 0.2) is 11.2 Å². The molecule has 2 heterocycles. The first kappa shape index (κ1) is 14.9. The van der Waals surface area contributed by atoms with Crippen molar-refractivity contribution in [1.29, 1.82) is 0 Å². The Hall–Kier alpha value is -1.45. The van der Waals surface area contributed by atoms with Crippen molar-refractivity contribution < 1.29 is 18.3 Å². The lowest BCUT2D eigenvalue weighted by molar-refractivity contribution is 0.0692. The first-order valence-corrected chi connectivity index (χ1v) is 7.83. The highest BCUT2D eigenvalue weighted by molar-refractivity contribution is 7.89. The van der Waals surface area contributed by atoms with E-state index in [1.165, 1.54) is 0 Å². The minimum absolute atomic E-state index is 0.275. The van der Waals surface area contributed by atoms with Crippen molar-refractivity contribution in [2.24, 2.45) is 5.92 Å². The average molecular weight is 302 g/mol. The van der Waals surface area contributed by atoms with Crippen molar-refractivity contribution in [2.75, 3.05) is 26.7 Å². The van der Waals surface area contributed by atoms with Crippen molar-refractivity contribution >= 4 is 16.0 Å². The summed E-state index contributed by atoms with van der Waals surface area (Å²) in [5.74, 6) is -1.05. The molecule has 20 heavy (non-hydrogen) atoms. The third kappa shape index (κ3) is 3.35. The standard InChI is InChI=1S/C11H18N4O4S/c1-15-4-2-8(3-5-15)6-13-20(18,19)10-9(11(16)17)7-12-14-10/h7-8,13H,2-6H2,1H3,(H,12,14)(H,16,17). The number of H-pyrrole nitrogens is 1. The van der Waals surface area contributed by atoms with Gasteiger partial charge in [0.15, 0.2) is 5.03 Å². The van der Waals surface area contributed by atoms with Gasteiger partial charge >= 0.3 is 5.97 Å². The maximum absolute atomic E-state index is 12.1. The van der Waals surface area contributed by atoms with E-state index in [9.17, 15) is 13.2 Å². The number of carboxylic acid groups (broad SMARTS) is 1. The largest absolute Gasteiger partial charge is 0.478 e. The maximum atomic E-state index is 12.1. The molecule has 1 aromatic rings. The normalized spacial score (nSPS) is 18.2. The number of rotatable bonds is 5. The van der Waals surface area contributed by atoms with Crippen LogP contribution in [-0.2, 0) is 10.0 Å².